The van der Waals surface area contributed by atoms with Crippen molar-refractivity contribution in [3.63, 3.8) is 0 Å². The maximum atomic E-state index is 13.0. The molecule has 2 aromatic carbocycles. The summed E-state index contributed by atoms with van der Waals surface area (Å²) in [6, 6.07) is 8.48. The van der Waals surface area contributed by atoms with Crippen LogP contribution in [0.2, 0.25) is 0 Å². The molecule has 0 fully saturated rings. The van der Waals surface area contributed by atoms with E-state index in [4.69, 9.17) is 9.47 Å². The minimum absolute atomic E-state index is 0.159. The molecule has 0 unspecified atom stereocenters. The highest BCUT2D eigenvalue weighted by molar-refractivity contribution is 8.13. The number of carbonyl (C=O) groups is 2. The van der Waals surface area contributed by atoms with Gasteiger partial charge in [-0.2, -0.15) is 11.8 Å². The third kappa shape index (κ3) is 22.0. The fourth-order valence-corrected chi connectivity index (χ4v) is 9.61. The maximum Gasteiger partial charge on any atom is 0.372 e. The van der Waals surface area contributed by atoms with Crippen LogP contribution in [0.4, 0.5) is 4.79 Å². The molecule has 2 aromatic rings. The van der Waals surface area contributed by atoms with E-state index in [0.29, 0.717) is 17.9 Å². The van der Waals surface area contributed by atoms with Crippen molar-refractivity contribution in [1.82, 2.24) is 0 Å². The second-order valence-electron chi connectivity index (χ2n) is 18.2. The van der Waals surface area contributed by atoms with E-state index in [1.807, 2.05) is 23.9 Å². The van der Waals surface area contributed by atoms with E-state index in [-0.39, 0.29) is 22.1 Å². The van der Waals surface area contributed by atoms with E-state index in [1.54, 1.807) is 11.8 Å². The lowest BCUT2D eigenvalue weighted by Crippen LogP contribution is -2.17. The van der Waals surface area contributed by atoms with Crippen molar-refractivity contribution in [3.05, 3.63) is 46.5 Å². The molecule has 4 nitrogen and oxygen atoms in total. The van der Waals surface area contributed by atoms with Gasteiger partial charge in [0, 0.05) is 32.4 Å². The van der Waals surface area contributed by atoms with Crippen molar-refractivity contribution < 1.29 is 19.1 Å². The lowest BCUT2D eigenvalue weighted by Gasteiger charge is -2.26. The Kier molecular flexibility index (Phi) is 26.1. The first-order valence-corrected chi connectivity index (χ1v) is 25.7. The third-order valence-electron chi connectivity index (χ3n) is 10.6. The number of benzene rings is 2. The first-order valence-electron chi connectivity index (χ1n) is 22.8. The Morgan fingerprint density at radius 1 is 0.509 bits per heavy atom. The molecule has 7 heteroatoms. The summed E-state index contributed by atoms with van der Waals surface area (Å²) in [5.41, 5.74) is 3.77. The van der Waals surface area contributed by atoms with Crippen LogP contribution in [0.25, 0.3) is 0 Å². The summed E-state index contributed by atoms with van der Waals surface area (Å²) >= 11 is 4.90. The number of rotatable bonds is 29. The van der Waals surface area contributed by atoms with Crippen LogP contribution in [-0.4, -0.2) is 28.5 Å². The highest BCUT2D eigenvalue weighted by Crippen LogP contribution is 2.43. The topological polar surface area (TPSA) is 52.6 Å². The van der Waals surface area contributed by atoms with Crippen molar-refractivity contribution >= 4 is 46.6 Å². The summed E-state index contributed by atoms with van der Waals surface area (Å²) in [5, 5.41) is -0.222. The quantitative estimate of drug-likeness (QED) is 0.0459. The van der Waals surface area contributed by atoms with Crippen molar-refractivity contribution in [2.45, 2.75) is 225 Å². The van der Waals surface area contributed by atoms with Crippen LogP contribution in [0.3, 0.4) is 0 Å². The van der Waals surface area contributed by atoms with Gasteiger partial charge >= 0.3 is 11.3 Å². The van der Waals surface area contributed by atoms with E-state index in [1.165, 1.54) is 134 Å². The standard InChI is InChI=1S/C50H82O4S3/c1-11-13-15-17-19-21-23-25-27-29-32-55-34-31-47(51)53-43-35-39(3)45(37-41(43)49(5,6)7)57-46-38-42(50(8,9)10)44(36-40(46)4)54-48(52)56-33-30-28-26-24-22-20-18-16-14-12-2/h35-38H,11-34H2,1-10H3. The molecule has 0 saturated carbocycles. The van der Waals surface area contributed by atoms with Gasteiger partial charge in [0.1, 0.15) is 11.5 Å². The lowest BCUT2D eigenvalue weighted by molar-refractivity contribution is -0.133. The van der Waals surface area contributed by atoms with E-state index in [0.717, 1.165) is 55.7 Å². The van der Waals surface area contributed by atoms with Gasteiger partial charge < -0.3 is 9.47 Å². The first kappa shape index (κ1) is 51.6. The molecular formula is C50H82O4S3. The largest absolute Gasteiger partial charge is 0.426 e. The fraction of sp³-hybridized carbons (Fsp3) is 0.720. The van der Waals surface area contributed by atoms with Crippen LogP contribution < -0.4 is 9.47 Å². The Morgan fingerprint density at radius 2 is 0.895 bits per heavy atom. The molecule has 0 heterocycles. The van der Waals surface area contributed by atoms with Gasteiger partial charge in [0.15, 0.2) is 0 Å². The minimum atomic E-state index is -0.222. The van der Waals surface area contributed by atoms with Crippen LogP contribution in [0.5, 0.6) is 11.5 Å². The maximum absolute atomic E-state index is 13.0. The zero-order valence-corrected chi connectivity index (χ0v) is 40.6. The van der Waals surface area contributed by atoms with Crippen LogP contribution >= 0.6 is 35.3 Å². The molecule has 0 spiro atoms. The summed E-state index contributed by atoms with van der Waals surface area (Å²) in [6.07, 6.45) is 26.7. The van der Waals surface area contributed by atoms with Gasteiger partial charge in [0.25, 0.3) is 0 Å². The smallest absolute Gasteiger partial charge is 0.372 e. The van der Waals surface area contributed by atoms with Gasteiger partial charge in [-0.1, -0.05) is 183 Å². The molecule has 0 aliphatic heterocycles. The lowest BCUT2D eigenvalue weighted by atomic mass is 9.86. The van der Waals surface area contributed by atoms with E-state index in [9.17, 15) is 9.59 Å². The van der Waals surface area contributed by atoms with Crippen LogP contribution in [0.15, 0.2) is 34.1 Å². The summed E-state index contributed by atoms with van der Waals surface area (Å²) in [4.78, 5) is 28.3. The molecule has 0 aromatic heterocycles. The number of ether oxygens (including phenoxy) is 2. The minimum Gasteiger partial charge on any atom is -0.426 e. The molecule has 57 heavy (non-hydrogen) atoms. The molecule has 0 amide bonds. The fourth-order valence-electron chi connectivity index (χ4n) is 6.99. The SMILES string of the molecule is CCCCCCCCCCCCSCCC(=O)Oc1cc(C)c(Sc2cc(C(C)(C)C)c(OC(=O)SCCCCCCCCCCCC)cc2C)cc1C(C)(C)C. The number of hydrogen-bond donors (Lipinski definition) is 0. The summed E-state index contributed by atoms with van der Waals surface area (Å²) < 4.78 is 12.1. The van der Waals surface area contributed by atoms with Crippen LogP contribution in [-0.2, 0) is 15.6 Å². The molecule has 0 aliphatic carbocycles. The average molecular weight is 843 g/mol. The Morgan fingerprint density at radius 3 is 1.32 bits per heavy atom. The summed E-state index contributed by atoms with van der Waals surface area (Å²) in [7, 11) is 0. The normalized spacial score (nSPS) is 12.0. The van der Waals surface area contributed by atoms with Gasteiger partial charge in [0.05, 0.1) is 6.42 Å². The Hall–Kier alpha value is -1.57. The van der Waals surface area contributed by atoms with Crippen LogP contribution in [0, 0.1) is 13.8 Å². The molecule has 2 rings (SSSR count). The van der Waals surface area contributed by atoms with E-state index >= 15 is 0 Å². The Bertz CT molecular complexity index is 1440. The zero-order chi connectivity index (χ0) is 42.1. The Balaban J connectivity index is 1.95. The van der Waals surface area contributed by atoms with E-state index in [2.05, 4.69) is 81.4 Å². The molecular weight excluding hydrogens is 761 g/mol. The summed E-state index contributed by atoms with van der Waals surface area (Å²) in [5.74, 6) is 3.87. The third-order valence-corrected chi connectivity index (χ3v) is 13.8. The van der Waals surface area contributed by atoms with Crippen LogP contribution in [0.1, 0.15) is 212 Å². The summed E-state index contributed by atoms with van der Waals surface area (Å²) in [6.45, 7) is 21.8. The number of aryl methyl sites for hydroxylation is 2. The highest BCUT2D eigenvalue weighted by Gasteiger charge is 2.26. The second kappa shape index (κ2) is 28.8. The molecule has 0 bridgehead atoms. The first-order chi connectivity index (χ1) is 27.2. The van der Waals surface area contributed by atoms with Gasteiger partial charge in [-0.05, 0) is 90.4 Å². The zero-order valence-electron chi connectivity index (χ0n) is 38.1. The van der Waals surface area contributed by atoms with Gasteiger partial charge in [-0.15, -0.1) is 0 Å². The number of thioether (sulfide) groups is 2. The predicted octanol–water partition coefficient (Wildman–Crippen LogP) is 17.2. The molecule has 0 N–H and O–H groups in total. The second-order valence-corrected chi connectivity index (χ2v) is 21.6. The van der Waals surface area contributed by atoms with Gasteiger partial charge in [-0.3, -0.25) is 4.79 Å². The monoisotopic (exact) mass is 843 g/mol. The van der Waals surface area contributed by atoms with Crippen molar-refractivity contribution in [1.29, 1.82) is 0 Å². The Labute approximate surface area is 363 Å². The van der Waals surface area contributed by atoms with E-state index < -0.39 is 0 Å². The number of carbonyl (C=O) groups excluding carboxylic acids is 2. The molecule has 0 aliphatic rings. The van der Waals surface area contributed by atoms with Gasteiger partial charge in [0.2, 0.25) is 0 Å². The molecule has 324 valence electrons. The van der Waals surface area contributed by atoms with Crippen molar-refractivity contribution in [3.8, 4) is 11.5 Å². The van der Waals surface area contributed by atoms with Crippen molar-refractivity contribution in [2.24, 2.45) is 0 Å². The number of hydrogen-bond acceptors (Lipinski definition) is 7. The average Bonchev–Trinajstić information content (AvgIpc) is 3.13. The number of esters is 1. The molecule has 0 saturated heterocycles. The highest BCUT2D eigenvalue weighted by atomic mass is 32.2. The van der Waals surface area contributed by atoms with Crippen molar-refractivity contribution in [2.75, 3.05) is 17.3 Å². The molecule has 0 radical (unpaired) electrons. The molecule has 0 atom stereocenters. The predicted molar refractivity (Wildman–Crippen MR) is 254 cm³/mol. The number of unbranched alkanes of at least 4 members (excludes halogenated alkanes) is 18. The van der Waals surface area contributed by atoms with Gasteiger partial charge in [-0.25, -0.2) is 4.79 Å².